The van der Waals surface area contributed by atoms with Gasteiger partial charge < -0.3 is 15.0 Å². The summed E-state index contributed by atoms with van der Waals surface area (Å²) in [6, 6.07) is 12.7. The van der Waals surface area contributed by atoms with E-state index in [1.807, 2.05) is 4.90 Å². The van der Waals surface area contributed by atoms with Crippen molar-refractivity contribution in [3.05, 3.63) is 59.7 Å². The van der Waals surface area contributed by atoms with Gasteiger partial charge in [0.25, 0.3) is 11.8 Å². The Labute approximate surface area is 181 Å². The first-order chi connectivity index (χ1) is 14.9. The maximum absolute atomic E-state index is 12.7. The van der Waals surface area contributed by atoms with Gasteiger partial charge in [-0.3, -0.25) is 9.59 Å². The van der Waals surface area contributed by atoms with E-state index in [9.17, 15) is 18.0 Å². The molecule has 0 atom stereocenters. The Balaban J connectivity index is 1.44. The fourth-order valence-electron chi connectivity index (χ4n) is 3.75. The molecule has 0 radical (unpaired) electrons. The van der Waals surface area contributed by atoms with Gasteiger partial charge in [0, 0.05) is 43.0 Å². The van der Waals surface area contributed by atoms with Crippen LogP contribution in [0.25, 0.3) is 0 Å². The first-order valence-electron chi connectivity index (χ1n) is 10.3. The van der Waals surface area contributed by atoms with Gasteiger partial charge in [-0.25, -0.2) is 8.42 Å². The molecule has 164 valence electrons. The highest BCUT2D eigenvalue weighted by Gasteiger charge is 2.26. The van der Waals surface area contributed by atoms with E-state index in [1.54, 1.807) is 24.3 Å². The normalized spacial score (nSPS) is 17.5. The Morgan fingerprint density at radius 2 is 1.55 bits per heavy atom. The van der Waals surface area contributed by atoms with Crippen LogP contribution in [0.5, 0.6) is 0 Å². The Bertz CT molecular complexity index is 1060. The molecule has 2 amide bonds. The van der Waals surface area contributed by atoms with Gasteiger partial charge in [-0.1, -0.05) is 6.07 Å². The van der Waals surface area contributed by atoms with Crippen LogP contribution in [-0.4, -0.2) is 68.8 Å². The second-order valence-corrected chi connectivity index (χ2v) is 9.51. The molecule has 2 aromatic rings. The summed E-state index contributed by atoms with van der Waals surface area (Å²) in [6.07, 6.45) is 2.03. The highest BCUT2D eigenvalue weighted by atomic mass is 32.2. The summed E-state index contributed by atoms with van der Waals surface area (Å²) in [5.41, 5.74) is 1.38. The number of anilines is 1. The molecule has 2 aliphatic heterocycles. The van der Waals surface area contributed by atoms with Crippen molar-refractivity contribution in [1.29, 1.82) is 0 Å². The lowest BCUT2D eigenvalue weighted by Gasteiger charge is -2.26. The highest BCUT2D eigenvalue weighted by molar-refractivity contribution is 7.89. The molecule has 1 N–H and O–H groups in total. The lowest BCUT2D eigenvalue weighted by Crippen LogP contribution is -2.40. The number of hydrogen-bond acceptors (Lipinski definition) is 5. The highest BCUT2D eigenvalue weighted by Crippen LogP contribution is 2.20. The quantitative estimate of drug-likeness (QED) is 0.764. The first-order valence-corrected chi connectivity index (χ1v) is 11.8. The number of sulfonamides is 1. The number of carbonyl (C=O) groups is 2. The zero-order valence-electron chi connectivity index (χ0n) is 17.1. The molecular formula is C22H25N3O5S. The van der Waals surface area contributed by atoms with Gasteiger partial charge in [0.2, 0.25) is 10.0 Å². The molecule has 0 aromatic heterocycles. The fourth-order valence-corrected chi connectivity index (χ4v) is 5.16. The number of benzene rings is 2. The Morgan fingerprint density at radius 1 is 0.871 bits per heavy atom. The van der Waals surface area contributed by atoms with Crippen molar-refractivity contribution in [1.82, 2.24) is 9.21 Å². The first kappa shape index (κ1) is 21.5. The smallest absolute Gasteiger partial charge is 0.255 e. The van der Waals surface area contributed by atoms with Crippen molar-refractivity contribution >= 4 is 27.5 Å². The Morgan fingerprint density at radius 3 is 2.23 bits per heavy atom. The molecule has 4 rings (SSSR count). The van der Waals surface area contributed by atoms with Crippen molar-refractivity contribution < 1.29 is 22.7 Å². The van der Waals surface area contributed by atoms with Gasteiger partial charge in [0.1, 0.15) is 0 Å². The molecule has 0 spiro atoms. The number of morpholine rings is 1. The van der Waals surface area contributed by atoms with E-state index >= 15 is 0 Å². The van der Waals surface area contributed by atoms with Gasteiger partial charge in [-0.2, -0.15) is 4.31 Å². The summed E-state index contributed by atoms with van der Waals surface area (Å²) >= 11 is 0. The van der Waals surface area contributed by atoms with E-state index in [0.29, 0.717) is 43.1 Å². The van der Waals surface area contributed by atoms with E-state index in [4.69, 9.17) is 4.74 Å². The molecular weight excluding hydrogens is 418 g/mol. The topological polar surface area (TPSA) is 96.0 Å². The molecule has 2 heterocycles. The van der Waals surface area contributed by atoms with E-state index in [-0.39, 0.29) is 16.7 Å². The van der Waals surface area contributed by atoms with E-state index in [0.717, 1.165) is 25.9 Å². The molecule has 8 nitrogen and oxygen atoms in total. The molecule has 31 heavy (non-hydrogen) atoms. The minimum absolute atomic E-state index is 0.0359. The van der Waals surface area contributed by atoms with Crippen LogP contribution in [0.15, 0.2) is 53.4 Å². The second-order valence-electron chi connectivity index (χ2n) is 7.58. The maximum Gasteiger partial charge on any atom is 0.255 e. The number of carbonyl (C=O) groups excluding carboxylic acids is 2. The number of ether oxygens (including phenoxy) is 1. The molecule has 0 bridgehead atoms. The van der Waals surface area contributed by atoms with Gasteiger partial charge in [0.15, 0.2) is 0 Å². The average molecular weight is 444 g/mol. The van der Waals surface area contributed by atoms with Crippen LogP contribution in [-0.2, 0) is 14.8 Å². The molecule has 9 heteroatoms. The van der Waals surface area contributed by atoms with E-state index in [2.05, 4.69) is 5.32 Å². The molecule has 2 fully saturated rings. The minimum atomic E-state index is -3.61. The zero-order chi connectivity index (χ0) is 21.8. The van der Waals surface area contributed by atoms with E-state index < -0.39 is 10.0 Å². The summed E-state index contributed by atoms with van der Waals surface area (Å²) in [6.45, 7) is 2.90. The summed E-state index contributed by atoms with van der Waals surface area (Å²) in [7, 11) is -3.61. The molecule has 0 unspecified atom stereocenters. The lowest BCUT2D eigenvalue weighted by atomic mass is 10.1. The van der Waals surface area contributed by atoms with Gasteiger partial charge in [-0.15, -0.1) is 0 Å². The van der Waals surface area contributed by atoms with Crippen molar-refractivity contribution in [3.63, 3.8) is 0 Å². The van der Waals surface area contributed by atoms with Crippen LogP contribution >= 0.6 is 0 Å². The van der Waals surface area contributed by atoms with Crippen LogP contribution in [0.2, 0.25) is 0 Å². The van der Waals surface area contributed by atoms with Gasteiger partial charge >= 0.3 is 0 Å². The predicted octanol–water partition coefficient (Wildman–Crippen LogP) is 2.20. The molecule has 0 saturated carbocycles. The molecule has 2 aromatic carbocycles. The van der Waals surface area contributed by atoms with Crippen molar-refractivity contribution in [2.75, 3.05) is 44.7 Å². The Kier molecular flexibility index (Phi) is 6.35. The standard InChI is InChI=1S/C22H25N3O5S/c26-21(23-19-5-3-4-18(16-19)22(27)24-10-1-2-11-24)17-6-8-20(9-7-17)31(28,29)25-12-14-30-15-13-25/h3-9,16H,1-2,10-15H2,(H,23,26). The third kappa shape index (κ3) is 4.79. The number of amides is 2. The summed E-state index contributed by atoms with van der Waals surface area (Å²) in [5.74, 6) is -0.410. The lowest BCUT2D eigenvalue weighted by molar-refractivity contribution is 0.0730. The summed E-state index contributed by atoms with van der Waals surface area (Å²) in [4.78, 5) is 27.1. The largest absolute Gasteiger partial charge is 0.379 e. The third-order valence-corrected chi connectivity index (χ3v) is 7.40. The van der Waals surface area contributed by atoms with Crippen LogP contribution in [0.1, 0.15) is 33.6 Å². The molecule has 2 aliphatic rings. The fraction of sp³-hybridized carbons (Fsp3) is 0.364. The number of likely N-dealkylation sites (tertiary alicyclic amines) is 1. The van der Waals surface area contributed by atoms with E-state index in [1.165, 1.54) is 28.6 Å². The average Bonchev–Trinajstić information content (AvgIpc) is 3.34. The molecule has 0 aliphatic carbocycles. The van der Waals surface area contributed by atoms with Crippen molar-refractivity contribution in [3.8, 4) is 0 Å². The van der Waals surface area contributed by atoms with Crippen molar-refractivity contribution in [2.45, 2.75) is 17.7 Å². The predicted molar refractivity (Wildman–Crippen MR) is 116 cm³/mol. The summed E-state index contributed by atoms with van der Waals surface area (Å²) in [5, 5.41) is 2.78. The molecule has 2 saturated heterocycles. The van der Waals surface area contributed by atoms with Crippen molar-refractivity contribution in [2.24, 2.45) is 0 Å². The van der Waals surface area contributed by atoms with Crippen LogP contribution in [0.3, 0.4) is 0 Å². The minimum Gasteiger partial charge on any atom is -0.379 e. The Hall–Kier alpha value is -2.75. The van der Waals surface area contributed by atoms with Crippen LogP contribution in [0, 0.1) is 0 Å². The second kappa shape index (κ2) is 9.17. The van der Waals surface area contributed by atoms with Crippen LogP contribution in [0.4, 0.5) is 5.69 Å². The van der Waals surface area contributed by atoms with Crippen LogP contribution < -0.4 is 5.32 Å². The number of nitrogens with zero attached hydrogens (tertiary/aromatic N) is 2. The van der Waals surface area contributed by atoms with Gasteiger partial charge in [-0.05, 0) is 55.3 Å². The third-order valence-electron chi connectivity index (χ3n) is 5.48. The summed E-state index contributed by atoms with van der Waals surface area (Å²) < 4.78 is 32.0. The maximum atomic E-state index is 12.7. The van der Waals surface area contributed by atoms with Gasteiger partial charge in [0.05, 0.1) is 18.1 Å². The zero-order valence-corrected chi connectivity index (χ0v) is 17.9. The monoisotopic (exact) mass is 443 g/mol. The number of rotatable bonds is 5. The number of hydrogen-bond donors (Lipinski definition) is 1. The number of nitrogens with one attached hydrogen (secondary N) is 1. The SMILES string of the molecule is O=C(Nc1cccc(C(=O)N2CCCC2)c1)c1ccc(S(=O)(=O)N2CCOCC2)cc1.